The van der Waals surface area contributed by atoms with E-state index < -0.39 is 29.5 Å². The standard InChI is InChI=1S/C16H21F3N2O3/c1-10(22)20-9-13(21-14(23)24-15(2,3)4)11-6-5-7-12(8-11)16(17,18)19/h5-8,13H,9H2,1-4H3,(H,20,22)(H,21,23). The Hall–Kier alpha value is -2.25. The molecule has 0 aliphatic carbocycles. The van der Waals surface area contributed by atoms with Crippen molar-refractivity contribution in [3.05, 3.63) is 35.4 Å². The minimum Gasteiger partial charge on any atom is -0.444 e. The van der Waals surface area contributed by atoms with Crippen molar-refractivity contribution in [3.63, 3.8) is 0 Å². The van der Waals surface area contributed by atoms with Gasteiger partial charge in [0, 0.05) is 13.5 Å². The van der Waals surface area contributed by atoms with Crippen LogP contribution >= 0.6 is 0 Å². The molecule has 0 radical (unpaired) electrons. The molecule has 0 aliphatic rings. The van der Waals surface area contributed by atoms with Crippen LogP contribution in [-0.4, -0.2) is 24.1 Å². The summed E-state index contributed by atoms with van der Waals surface area (Å²) in [5.74, 6) is -0.363. The Kier molecular flexibility index (Phi) is 6.22. The van der Waals surface area contributed by atoms with Gasteiger partial charge < -0.3 is 15.4 Å². The summed E-state index contributed by atoms with van der Waals surface area (Å²) in [5, 5.41) is 4.96. The predicted octanol–water partition coefficient (Wildman–Crippen LogP) is 3.41. The van der Waals surface area contributed by atoms with Crippen LogP contribution in [0.15, 0.2) is 24.3 Å². The van der Waals surface area contributed by atoms with Gasteiger partial charge in [-0.25, -0.2) is 4.79 Å². The minimum absolute atomic E-state index is 0.0596. The zero-order valence-electron chi connectivity index (χ0n) is 14.0. The van der Waals surface area contributed by atoms with Gasteiger partial charge >= 0.3 is 12.3 Å². The van der Waals surface area contributed by atoms with Gasteiger partial charge in [-0.05, 0) is 38.5 Å². The van der Waals surface area contributed by atoms with E-state index in [1.54, 1.807) is 20.8 Å². The lowest BCUT2D eigenvalue weighted by Gasteiger charge is -2.24. The average molecular weight is 346 g/mol. The Morgan fingerprint density at radius 1 is 1.21 bits per heavy atom. The molecule has 0 saturated carbocycles. The molecule has 2 amide bonds. The molecule has 2 N–H and O–H groups in total. The molecule has 1 aromatic carbocycles. The SMILES string of the molecule is CC(=O)NCC(NC(=O)OC(C)(C)C)c1cccc(C(F)(F)F)c1. The summed E-state index contributed by atoms with van der Waals surface area (Å²) < 4.78 is 43.7. The van der Waals surface area contributed by atoms with E-state index in [0.717, 1.165) is 12.1 Å². The Morgan fingerprint density at radius 3 is 2.33 bits per heavy atom. The number of rotatable bonds is 4. The van der Waals surface area contributed by atoms with Crippen molar-refractivity contribution in [2.75, 3.05) is 6.54 Å². The largest absolute Gasteiger partial charge is 0.444 e. The van der Waals surface area contributed by atoms with Crippen LogP contribution in [0.2, 0.25) is 0 Å². The number of carbonyl (C=O) groups excluding carboxylic acids is 2. The van der Waals surface area contributed by atoms with Gasteiger partial charge in [-0.3, -0.25) is 4.79 Å². The molecule has 5 nitrogen and oxygen atoms in total. The summed E-state index contributed by atoms with van der Waals surface area (Å²) in [5.41, 5.74) is -1.38. The second kappa shape index (κ2) is 7.55. The second-order valence-corrected chi connectivity index (χ2v) is 6.26. The fourth-order valence-electron chi connectivity index (χ4n) is 1.88. The molecule has 0 spiro atoms. The molecule has 134 valence electrons. The number of halogens is 3. The zero-order chi connectivity index (χ0) is 18.5. The number of alkyl carbamates (subject to hydrolysis) is 1. The highest BCUT2D eigenvalue weighted by Gasteiger charge is 2.31. The summed E-state index contributed by atoms with van der Waals surface area (Å²) in [6.45, 7) is 6.21. The molecule has 1 unspecified atom stereocenters. The third kappa shape index (κ3) is 6.89. The number of nitrogens with one attached hydrogen (secondary N) is 2. The van der Waals surface area contributed by atoms with Crippen LogP contribution in [0, 0.1) is 0 Å². The van der Waals surface area contributed by atoms with E-state index in [2.05, 4.69) is 10.6 Å². The summed E-state index contributed by atoms with van der Waals surface area (Å²) in [6, 6.07) is 3.71. The van der Waals surface area contributed by atoms with Gasteiger partial charge in [0.1, 0.15) is 5.60 Å². The molecule has 0 aromatic heterocycles. The van der Waals surface area contributed by atoms with Gasteiger partial charge in [0.2, 0.25) is 5.91 Å². The Bertz CT molecular complexity index is 595. The van der Waals surface area contributed by atoms with E-state index >= 15 is 0 Å². The first kappa shape index (κ1) is 19.8. The van der Waals surface area contributed by atoms with Gasteiger partial charge in [-0.2, -0.15) is 13.2 Å². The van der Waals surface area contributed by atoms with Crippen molar-refractivity contribution in [3.8, 4) is 0 Å². The van der Waals surface area contributed by atoms with Crippen molar-refractivity contribution in [2.24, 2.45) is 0 Å². The number of hydrogen-bond acceptors (Lipinski definition) is 3. The van der Waals surface area contributed by atoms with Crippen LogP contribution in [0.25, 0.3) is 0 Å². The van der Waals surface area contributed by atoms with E-state index in [9.17, 15) is 22.8 Å². The normalized spacial score (nSPS) is 13.1. The molecule has 0 bridgehead atoms. The second-order valence-electron chi connectivity index (χ2n) is 6.26. The third-order valence-electron chi connectivity index (χ3n) is 2.86. The molecule has 1 atom stereocenters. The smallest absolute Gasteiger partial charge is 0.416 e. The lowest BCUT2D eigenvalue weighted by Crippen LogP contribution is -2.40. The molecule has 0 fully saturated rings. The van der Waals surface area contributed by atoms with Crippen molar-refractivity contribution < 1.29 is 27.5 Å². The monoisotopic (exact) mass is 346 g/mol. The molecule has 8 heteroatoms. The highest BCUT2D eigenvalue weighted by Crippen LogP contribution is 2.30. The number of benzene rings is 1. The topological polar surface area (TPSA) is 67.4 Å². The lowest BCUT2D eigenvalue weighted by molar-refractivity contribution is -0.137. The van der Waals surface area contributed by atoms with Gasteiger partial charge in [-0.15, -0.1) is 0 Å². The first-order valence-corrected chi connectivity index (χ1v) is 7.29. The fraction of sp³-hybridized carbons (Fsp3) is 0.500. The maximum atomic E-state index is 12.8. The number of amides is 2. The zero-order valence-corrected chi connectivity index (χ0v) is 14.0. The Balaban J connectivity index is 3.01. The highest BCUT2D eigenvalue weighted by molar-refractivity contribution is 5.73. The molecule has 0 saturated heterocycles. The Labute approximate surface area is 138 Å². The van der Waals surface area contributed by atoms with E-state index in [1.807, 2.05) is 0 Å². The molecular formula is C16H21F3N2O3. The third-order valence-corrected chi connectivity index (χ3v) is 2.86. The van der Waals surface area contributed by atoms with Crippen LogP contribution in [0.4, 0.5) is 18.0 Å². The van der Waals surface area contributed by atoms with Crippen molar-refractivity contribution in [1.29, 1.82) is 0 Å². The first-order valence-electron chi connectivity index (χ1n) is 7.29. The summed E-state index contributed by atoms with van der Waals surface area (Å²) >= 11 is 0. The quantitative estimate of drug-likeness (QED) is 0.878. The van der Waals surface area contributed by atoms with Crippen LogP contribution in [0.5, 0.6) is 0 Å². The minimum atomic E-state index is -4.50. The first-order chi connectivity index (χ1) is 10.9. The van der Waals surface area contributed by atoms with Crippen LogP contribution in [0.3, 0.4) is 0 Å². The molecule has 1 aromatic rings. The molecule has 24 heavy (non-hydrogen) atoms. The fourth-order valence-corrected chi connectivity index (χ4v) is 1.88. The van der Waals surface area contributed by atoms with E-state index in [4.69, 9.17) is 4.74 Å². The summed E-state index contributed by atoms with van der Waals surface area (Å²) in [7, 11) is 0. The lowest BCUT2D eigenvalue weighted by atomic mass is 10.0. The maximum Gasteiger partial charge on any atom is 0.416 e. The summed E-state index contributed by atoms with van der Waals surface area (Å²) in [4.78, 5) is 23.0. The van der Waals surface area contributed by atoms with Crippen molar-refractivity contribution >= 4 is 12.0 Å². The predicted molar refractivity (Wildman–Crippen MR) is 82.2 cm³/mol. The molecule has 0 heterocycles. The molecule has 0 aliphatic heterocycles. The van der Waals surface area contributed by atoms with Gasteiger partial charge in [0.05, 0.1) is 11.6 Å². The van der Waals surface area contributed by atoms with Crippen LogP contribution in [-0.2, 0) is 15.7 Å². The molecule has 1 rings (SSSR count). The van der Waals surface area contributed by atoms with Gasteiger partial charge in [0.15, 0.2) is 0 Å². The summed E-state index contributed by atoms with van der Waals surface area (Å²) in [6.07, 6.45) is -5.28. The van der Waals surface area contributed by atoms with Crippen molar-refractivity contribution in [2.45, 2.75) is 45.5 Å². The maximum absolute atomic E-state index is 12.8. The number of ether oxygens (including phenoxy) is 1. The number of hydrogen-bond donors (Lipinski definition) is 2. The highest BCUT2D eigenvalue weighted by atomic mass is 19.4. The van der Waals surface area contributed by atoms with Crippen LogP contribution < -0.4 is 10.6 Å². The number of alkyl halides is 3. The average Bonchev–Trinajstić information content (AvgIpc) is 2.40. The van der Waals surface area contributed by atoms with Gasteiger partial charge in [-0.1, -0.05) is 12.1 Å². The van der Waals surface area contributed by atoms with E-state index in [0.29, 0.717) is 0 Å². The Morgan fingerprint density at radius 2 is 1.83 bits per heavy atom. The number of carbonyl (C=O) groups is 2. The van der Waals surface area contributed by atoms with Crippen LogP contribution in [0.1, 0.15) is 44.9 Å². The van der Waals surface area contributed by atoms with Crippen molar-refractivity contribution in [1.82, 2.24) is 10.6 Å². The van der Waals surface area contributed by atoms with E-state index in [-0.39, 0.29) is 18.0 Å². The molecular weight excluding hydrogens is 325 g/mol. The van der Waals surface area contributed by atoms with Gasteiger partial charge in [0.25, 0.3) is 0 Å². The van der Waals surface area contributed by atoms with E-state index in [1.165, 1.54) is 19.1 Å².